The van der Waals surface area contributed by atoms with E-state index >= 15 is 0 Å². The molecule has 1 aromatic carbocycles. The second-order valence-electron chi connectivity index (χ2n) is 4.75. The monoisotopic (exact) mass is 355 g/mol. The highest BCUT2D eigenvalue weighted by atomic mass is 79.9. The number of hydrogen-bond donors (Lipinski definition) is 1. The molecule has 3 nitrogen and oxygen atoms in total. The van der Waals surface area contributed by atoms with Gasteiger partial charge in [-0.15, -0.1) is 11.8 Å². The first-order valence-corrected chi connectivity index (χ1v) is 8.60. The fourth-order valence-corrected chi connectivity index (χ4v) is 5.56. The van der Waals surface area contributed by atoms with Crippen molar-refractivity contribution in [1.82, 2.24) is 4.98 Å². The number of benzene rings is 1. The first-order chi connectivity index (χ1) is 9.22. The van der Waals surface area contributed by atoms with Gasteiger partial charge >= 0.3 is 4.87 Å². The van der Waals surface area contributed by atoms with Gasteiger partial charge in [0, 0.05) is 32.5 Å². The van der Waals surface area contributed by atoms with E-state index in [0.717, 1.165) is 27.6 Å². The highest BCUT2D eigenvalue weighted by Crippen LogP contribution is 2.50. The Morgan fingerprint density at radius 3 is 3.21 bits per heavy atom. The van der Waals surface area contributed by atoms with Crippen molar-refractivity contribution in [2.45, 2.75) is 10.9 Å². The van der Waals surface area contributed by atoms with Crippen LogP contribution in [0.1, 0.15) is 16.4 Å². The van der Waals surface area contributed by atoms with Gasteiger partial charge < -0.3 is 9.72 Å². The molecule has 0 bridgehead atoms. The topological polar surface area (TPSA) is 42.1 Å². The van der Waals surface area contributed by atoms with Gasteiger partial charge in [0.2, 0.25) is 0 Å². The molecule has 0 spiro atoms. The number of H-pyrrole nitrogens is 1. The first-order valence-electron chi connectivity index (χ1n) is 6.00. The number of halogens is 1. The number of thiazole rings is 1. The average molecular weight is 356 g/mol. The summed E-state index contributed by atoms with van der Waals surface area (Å²) in [5.41, 5.74) is 1.20. The van der Waals surface area contributed by atoms with Crippen molar-refractivity contribution in [2.75, 3.05) is 12.4 Å². The number of thioether (sulfide) groups is 1. The quantitative estimate of drug-likeness (QED) is 0.786. The summed E-state index contributed by atoms with van der Waals surface area (Å²) in [6.07, 6.45) is 0. The molecule has 19 heavy (non-hydrogen) atoms. The maximum atomic E-state index is 11.6. The van der Waals surface area contributed by atoms with Crippen LogP contribution in [0.15, 0.2) is 32.5 Å². The van der Waals surface area contributed by atoms with Crippen LogP contribution in [0.2, 0.25) is 0 Å². The Kier molecular flexibility index (Phi) is 2.79. The van der Waals surface area contributed by atoms with Gasteiger partial charge in [0.15, 0.2) is 0 Å². The Hall–Kier alpha value is -0.720. The Morgan fingerprint density at radius 2 is 2.32 bits per heavy atom. The van der Waals surface area contributed by atoms with Gasteiger partial charge in [0.1, 0.15) is 5.75 Å². The predicted molar refractivity (Wildman–Crippen MR) is 80.6 cm³/mol. The zero-order valence-electron chi connectivity index (χ0n) is 9.81. The fraction of sp³-hybridized carbons (Fsp3) is 0.308. The molecule has 2 aliphatic rings. The summed E-state index contributed by atoms with van der Waals surface area (Å²) in [6, 6.07) is 6.12. The van der Waals surface area contributed by atoms with Crippen LogP contribution in [0.4, 0.5) is 0 Å². The highest BCUT2D eigenvalue weighted by molar-refractivity contribution is 9.10. The minimum atomic E-state index is 0.0428. The number of rotatable bonds is 0. The lowest BCUT2D eigenvalue weighted by Crippen LogP contribution is -2.30. The van der Waals surface area contributed by atoms with Gasteiger partial charge in [0.05, 0.1) is 11.6 Å². The van der Waals surface area contributed by atoms with Crippen LogP contribution in [0.5, 0.6) is 5.75 Å². The van der Waals surface area contributed by atoms with E-state index in [2.05, 4.69) is 27.0 Å². The molecule has 4 rings (SSSR count). The van der Waals surface area contributed by atoms with Crippen molar-refractivity contribution in [2.24, 2.45) is 5.92 Å². The lowest BCUT2D eigenvalue weighted by molar-refractivity contribution is 0.219. The maximum Gasteiger partial charge on any atom is 0.305 e. The molecule has 2 aliphatic heterocycles. The Bertz CT molecular complexity index is 709. The average Bonchev–Trinajstić information content (AvgIpc) is 2.78. The van der Waals surface area contributed by atoms with Crippen molar-refractivity contribution in [3.63, 3.8) is 0 Å². The van der Waals surface area contributed by atoms with Crippen LogP contribution >= 0.6 is 39.0 Å². The third kappa shape index (κ3) is 1.88. The van der Waals surface area contributed by atoms with Crippen LogP contribution < -0.4 is 9.61 Å². The van der Waals surface area contributed by atoms with E-state index in [1.54, 1.807) is 11.8 Å². The second-order valence-corrected chi connectivity index (χ2v) is 7.71. The zero-order chi connectivity index (χ0) is 13.0. The molecule has 1 N–H and O–H groups in total. The van der Waals surface area contributed by atoms with Crippen LogP contribution in [0.3, 0.4) is 0 Å². The Balaban J connectivity index is 1.94. The fourth-order valence-electron chi connectivity index (χ4n) is 2.77. The molecule has 0 fully saturated rings. The minimum Gasteiger partial charge on any atom is -0.493 e. The molecule has 0 radical (unpaired) electrons. The number of ether oxygens (including phenoxy) is 1. The van der Waals surface area contributed by atoms with E-state index in [1.165, 1.54) is 21.8 Å². The van der Waals surface area contributed by atoms with Crippen molar-refractivity contribution in [1.29, 1.82) is 0 Å². The zero-order valence-corrected chi connectivity index (χ0v) is 13.0. The molecule has 6 heteroatoms. The van der Waals surface area contributed by atoms with Gasteiger partial charge in [-0.05, 0) is 18.2 Å². The molecule has 2 atom stereocenters. The number of nitrogens with one attached hydrogen (secondary N) is 1. The summed E-state index contributed by atoms with van der Waals surface area (Å²) in [5, 5.41) is 1.05. The SMILES string of the molecule is O=c1[nH]c2c(s1)[C@@H]1c3cc(Br)ccc3OC[C@H]1CS2. The largest absolute Gasteiger partial charge is 0.493 e. The van der Waals surface area contributed by atoms with Crippen LogP contribution in [-0.2, 0) is 0 Å². The Morgan fingerprint density at radius 1 is 1.42 bits per heavy atom. The van der Waals surface area contributed by atoms with E-state index in [0.29, 0.717) is 11.8 Å². The summed E-state index contributed by atoms with van der Waals surface area (Å²) in [6.45, 7) is 0.734. The maximum absolute atomic E-state index is 11.6. The molecule has 3 heterocycles. The van der Waals surface area contributed by atoms with Gasteiger partial charge in [0.25, 0.3) is 0 Å². The van der Waals surface area contributed by atoms with Crippen LogP contribution in [-0.4, -0.2) is 17.3 Å². The molecule has 0 saturated heterocycles. The third-order valence-electron chi connectivity index (χ3n) is 3.60. The molecule has 98 valence electrons. The second kappa shape index (κ2) is 4.40. The minimum absolute atomic E-state index is 0.0428. The smallest absolute Gasteiger partial charge is 0.305 e. The van der Waals surface area contributed by atoms with E-state index in [9.17, 15) is 4.79 Å². The third-order valence-corrected chi connectivity index (χ3v) is 6.39. The summed E-state index contributed by atoms with van der Waals surface area (Å²) in [7, 11) is 0. The Labute approximate surface area is 126 Å². The first kappa shape index (κ1) is 12.1. The molecular weight excluding hydrogens is 346 g/mol. The summed E-state index contributed by atoms with van der Waals surface area (Å²) < 4.78 is 6.91. The number of aromatic amines is 1. The number of fused-ring (bicyclic) bond motifs is 5. The summed E-state index contributed by atoms with van der Waals surface area (Å²) in [4.78, 5) is 15.8. The number of aromatic nitrogens is 1. The van der Waals surface area contributed by atoms with Crippen molar-refractivity contribution >= 4 is 39.0 Å². The lowest BCUT2D eigenvalue weighted by atomic mass is 9.84. The van der Waals surface area contributed by atoms with Gasteiger partial charge in [-0.1, -0.05) is 27.3 Å². The van der Waals surface area contributed by atoms with Crippen LogP contribution in [0, 0.1) is 5.92 Å². The standard InChI is InChI=1S/C13H10BrNO2S2/c14-7-1-2-9-8(3-7)10-6(4-17-9)5-18-12-11(10)19-13(16)15-12/h1-3,6,10H,4-5H2,(H,15,16)/t6-,10-/m0/s1. The molecular formula is C13H10BrNO2S2. The van der Waals surface area contributed by atoms with E-state index in [4.69, 9.17) is 4.74 Å². The molecule has 0 unspecified atom stereocenters. The molecule has 0 aliphatic carbocycles. The van der Waals surface area contributed by atoms with Crippen molar-refractivity contribution < 1.29 is 4.74 Å². The van der Waals surface area contributed by atoms with E-state index < -0.39 is 0 Å². The van der Waals surface area contributed by atoms with E-state index in [-0.39, 0.29) is 4.87 Å². The molecule has 1 aromatic heterocycles. The van der Waals surface area contributed by atoms with Crippen LogP contribution in [0.25, 0.3) is 0 Å². The molecule has 0 saturated carbocycles. The predicted octanol–water partition coefficient (Wildman–Crippen LogP) is 3.45. The van der Waals surface area contributed by atoms with Gasteiger partial charge in [-0.3, -0.25) is 4.79 Å². The number of hydrogen-bond acceptors (Lipinski definition) is 4. The summed E-state index contributed by atoms with van der Waals surface area (Å²) in [5.74, 6) is 2.69. The molecule has 2 aromatic rings. The normalized spacial score (nSPS) is 24.1. The van der Waals surface area contributed by atoms with E-state index in [1.807, 2.05) is 12.1 Å². The lowest BCUT2D eigenvalue weighted by Gasteiger charge is -2.36. The molecule has 0 amide bonds. The summed E-state index contributed by atoms with van der Waals surface area (Å²) >= 11 is 6.60. The van der Waals surface area contributed by atoms with Gasteiger partial charge in [-0.2, -0.15) is 0 Å². The van der Waals surface area contributed by atoms with Gasteiger partial charge in [-0.25, -0.2) is 0 Å². The van der Waals surface area contributed by atoms with Crippen molar-refractivity contribution in [3.05, 3.63) is 42.8 Å². The highest BCUT2D eigenvalue weighted by Gasteiger charge is 2.38. The van der Waals surface area contributed by atoms with Crippen molar-refractivity contribution in [3.8, 4) is 5.75 Å².